The van der Waals surface area contributed by atoms with Gasteiger partial charge in [-0.15, -0.1) is 0 Å². The molecule has 1 rings (SSSR count). The number of aliphatic hydroxyl groups is 1. The summed E-state index contributed by atoms with van der Waals surface area (Å²) in [5.41, 5.74) is 7.96. The lowest BCUT2D eigenvalue weighted by atomic mass is 10.1. The molecule has 18 heavy (non-hydrogen) atoms. The molecule has 3 nitrogen and oxygen atoms in total. The van der Waals surface area contributed by atoms with Crippen molar-refractivity contribution in [1.82, 2.24) is 4.90 Å². The van der Waals surface area contributed by atoms with Crippen LogP contribution < -0.4 is 5.73 Å². The number of halogens is 1. The zero-order chi connectivity index (χ0) is 13.5. The van der Waals surface area contributed by atoms with Crippen molar-refractivity contribution in [3.8, 4) is 0 Å². The summed E-state index contributed by atoms with van der Waals surface area (Å²) in [5, 5.41) is 9.19. The molecule has 1 aromatic rings. The first-order valence-corrected chi connectivity index (χ1v) is 7.30. The highest BCUT2D eigenvalue weighted by molar-refractivity contribution is 9.10. The van der Waals surface area contributed by atoms with Crippen LogP contribution in [0.25, 0.3) is 0 Å². The third kappa shape index (κ3) is 4.26. The number of anilines is 1. The molecule has 3 N–H and O–H groups in total. The summed E-state index contributed by atoms with van der Waals surface area (Å²) >= 11 is 3.42. The van der Waals surface area contributed by atoms with E-state index in [9.17, 15) is 5.11 Å². The fourth-order valence-corrected chi connectivity index (χ4v) is 2.63. The second-order valence-corrected chi connectivity index (χ2v) is 5.42. The van der Waals surface area contributed by atoms with Crippen LogP contribution in [0.1, 0.15) is 32.3 Å². The molecule has 0 radical (unpaired) electrons. The summed E-state index contributed by atoms with van der Waals surface area (Å²) in [6, 6.07) is 6.49. The molecule has 0 fully saturated rings. The van der Waals surface area contributed by atoms with Gasteiger partial charge in [0.2, 0.25) is 0 Å². The van der Waals surface area contributed by atoms with Crippen molar-refractivity contribution in [3.05, 3.63) is 28.2 Å². The Kier molecular flexibility index (Phi) is 6.68. The molecule has 0 amide bonds. The van der Waals surface area contributed by atoms with Crippen molar-refractivity contribution in [2.24, 2.45) is 0 Å². The fourth-order valence-electron chi connectivity index (χ4n) is 2.25. The van der Waals surface area contributed by atoms with Gasteiger partial charge in [-0.25, -0.2) is 0 Å². The van der Waals surface area contributed by atoms with Crippen LogP contribution in [-0.2, 0) is 6.54 Å². The van der Waals surface area contributed by atoms with E-state index in [1.807, 2.05) is 18.2 Å². The molecular formula is C14H23BrN2O. The first-order valence-electron chi connectivity index (χ1n) is 6.51. The summed E-state index contributed by atoms with van der Waals surface area (Å²) < 4.78 is 1.000. The zero-order valence-electron chi connectivity index (χ0n) is 11.2. The van der Waals surface area contributed by atoms with E-state index in [0.717, 1.165) is 35.1 Å². The number of nitrogens with two attached hydrogens (primary N) is 1. The van der Waals surface area contributed by atoms with Crippen molar-refractivity contribution in [1.29, 1.82) is 0 Å². The normalized spacial score (nSPS) is 11.4. The predicted octanol–water partition coefficient (Wildman–Crippen LogP) is 3.01. The first kappa shape index (κ1) is 15.5. The Hall–Kier alpha value is -0.580. The average molecular weight is 315 g/mol. The molecular weight excluding hydrogens is 292 g/mol. The summed E-state index contributed by atoms with van der Waals surface area (Å²) in [5.74, 6) is 0. The lowest BCUT2D eigenvalue weighted by Crippen LogP contribution is -2.36. The quantitative estimate of drug-likeness (QED) is 0.761. The van der Waals surface area contributed by atoms with E-state index in [4.69, 9.17) is 5.73 Å². The highest BCUT2D eigenvalue weighted by Gasteiger charge is 2.15. The van der Waals surface area contributed by atoms with Crippen molar-refractivity contribution in [3.63, 3.8) is 0 Å². The molecule has 0 atom stereocenters. The minimum absolute atomic E-state index is 0.187. The Morgan fingerprint density at radius 1 is 1.33 bits per heavy atom. The molecule has 0 saturated carbocycles. The van der Waals surface area contributed by atoms with Gasteiger partial charge in [0.25, 0.3) is 0 Å². The Bertz CT molecular complexity index is 367. The standard InChI is InChI=1S/C14H23BrN2O/c1-3-13(4-2)17(7-8-18)10-11-5-6-12(15)9-14(11)16/h5-6,9,13,18H,3-4,7-8,10,16H2,1-2H3. The van der Waals surface area contributed by atoms with Gasteiger partial charge >= 0.3 is 0 Å². The largest absolute Gasteiger partial charge is 0.398 e. The van der Waals surface area contributed by atoms with Crippen molar-refractivity contribution < 1.29 is 5.11 Å². The molecule has 0 aliphatic heterocycles. The molecule has 0 saturated heterocycles. The van der Waals surface area contributed by atoms with E-state index in [0.29, 0.717) is 12.6 Å². The van der Waals surface area contributed by atoms with Crippen LogP contribution in [0.15, 0.2) is 22.7 Å². The van der Waals surface area contributed by atoms with Gasteiger partial charge in [-0.3, -0.25) is 4.90 Å². The molecule has 0 heterocycles. The van der Waals surface area contributed by atoms with Crippen molar-refractivity contribution >= 4 is 21.6 Å². The maximum Gasteiger partial charge on any atom is 0.0558 e. The Morgan fingerprint density at radius 2 is 2.00 bits per heavy atom. The third-order valence-corrected chi connectivity index (χ3v) is 3.82. The Morgan fingerprint density at radius 3 is 2.50 bits per heavy atom. The van der Waals surface area contributed by atoms with Gasteiger partial charge < -0.3 is 10.8 Å². The van der Waals surface area contributed by atoms with Gasteiger partial charge in [-0.2, -0.15) is 0 Å². The van der Waals surface area contributed by atoms with Crippen molar-refractivity contribution in [2.45, 2.75) is 39.3 Å². The molecule has 4 heteroatoms. The highest BCUT2D eigenvalue weighted by atomic mass is 79.9. The maximum absolute atomic E-state index is 9.19. The van der Waals surface area contributed by atoms with Gasteiger partial charge in [0.15, 0.2) is 0 Å². The van der Waals surface area contributed by atoms with Gasteiger partial charge in [-0.1, -0.05) is 35.8 Å². The van der Waals surface area contributed by atoms with Gasteiger partial charge in [0.05, 0.1) is 6.61 Å². The van der Waals surface area contributed by atoms with Crippen LogP contribution in [0.2, 0.25) is 0 Å². The molecule has 0 spiro atoms. The monoisotopic (exact) mass is 314 g/mol. The predicted molar refractivity (Wildman–Crippen MR) is 80.4 cm³/mol. The molecule has 0 aromatic heterocycles. The van der Waals surface area contributed by atoms with Crippen LogP contribution in [0.3, 0.4) is 0 Å². The van der Waals surface area contributed by atoms with Crippen LogP contribution in [0.4, 0.5) is 5.69 Å². The number of hydrogen-bond donors (Lipinski definition) is 2. The lowest BCUT2D eigenvalue weighted by Gasteiger charge is -2.30. The number of hydrogen-bond acceptors (Lipinski definition) is 3. The highest BCUT2D eigenvalue weighted by Crippen LogP contribution is 2.21. The molecule has 0 unspecified atom stereocenters. The van der Waals surface area contributed by atoms with Crippen LogP contribution in [-0.4, -0.2) is 29.2 Å². The summed E-state index contributed by atoms with van der Waals surface area (Å²) in [6.07, 6.45) is 2.18. The third-order valence-electron chi connectivity index (χ3n) is 3.33. The topological polar surface area (TPSA) is 49.5 Å². The van der Waals surface area contributed by atoms with Crippen molar-refractivity contribution in [2.75, 3.05) is 18.9 Å². The first-order chi connectivity index (χ1) is 8.62. The molecule has 0 aliphatic rings. The lowest BCUT2D eigenvalue weighted by molar-refractivity contribution is 0.137. The van der Waals surface area contributed by atoms with E-state index in [1.165, 1.54) is 0 Å². The minimum Gasteiger partial charge on any atom is -0.398 e. The fraction of sp³-hybridized carbons (Fsp3) is 0.571. The summed E-state index contributed by atoms with van der Waals surface area (Å²) in [7, 11) is 0. The second kappa shape index (κ2) is 7.77. The number of nitrogen functional groups attached to an aromatic ring is 1. The van der Waals surface area contributed by atoms with E-state index < -0.39 is 0 Å². The van der Waals surface area contributed by atoms with Gasteiger partial charge in [0.1, 0.15) is 0 Å². The summed E-state index contributed by atoms with van der Waals surface area (Å²) in [4.78, 5) is 2.31. The zero-order valence-corrected chi connectivity index (χ0v) is 12.8. The van der Waals surface area contributed by atoms with Crippen LogP contribution >= 0.6 is 15.9 Å². The van der Waals surface area contributed by atoms with E-state index >= 15 is 0 Å². The summed E-state index contributed by atoms with van der Waals surface area (Å²) in [6.45, 7) is 6.05. The number of aliphatic hydroxyl groups excluding tert-OH is 1. The molecule has 1 aromatic carbocycles. The molecule has 102 valence electrons. The molecule has 0 bridgehead atoms. The average Bonchev–Trinajstić information content (AvgIpc) is 2.34. The number of benzene rings is 1. The smallest absolute Gasteiger partial charge is 0.0558 e. The van der Waals surface area contributed by atoms with Crippen LogP contribution in [0, 0.1) is 0 Å². The van der Waals surface area contributed by atoms with Gasteiger partial charge in [0, 0.05) is 29.3 Å². The van der Waals surface area contributed by atoms with E-state index in [-0.39, 0.29) is 6.61 Å². The van der Waals surface area contributed by atoms with E-state index in [2.05, 4.69) is 34.7 Å². The molecule has 0 aliphatic carbocycles. The minimum atomic E-state index is 0.187. The van der Waals surface area contributed by atoms with Crippen LogP contribution in [0.5, 0.6) is 0 Å². The number of nitrogens with zero attached hydrogens (tertiary/aromatic N) is 1. The van der Waals surface area contributed by atoms with E-state index in [1.54, 1.807) is 0 Å². The number of rotatable bonds is 7. The Labute approximate surface area is 118 Å². The van der Waals surface area contributed by atoms with Gasteiger partial charge in [-0.05, 0) is 30.5 Å². The maximum atomic E-state index is 9.19. The SMILES string of the molecule is CCC(CC)N(CCO)Cc1ccc(Br)cc1N. The Balaban J connectivity index is 2.82. The second-order valence-electron chi connectivity index (χ2n) is 4.51.